The standard InChI is InChI=1S/C13H20N2/c1-15(2)10-12-8-14-9-13(12)11-6-4-3-5-7-11/h3-7,12-14H,8-10H2,1-2H3/t12-,13+/m1/s1. The van der Waals surface area contributed by atoms with Gasteiger partial charge >= 0.3 is 0 Å². The lowest BCUT2D eigenvalue weighted by molar-refractivity contribution is 0.322. The van der Waals surface area contributed by atoms with Crippen molar-refractivity contribution in [2.24, 2.45) is 5.92 Å². The van der Waals surface area contributed by atoms with Gasteiger partial charge in [-0.2, -0.15) is 0 Å². The van der Waals surface area contributed by atoms with Crippen LogP contribution >= 0.6 is 0 Å². The van der Waals surface area contributed by atoms with Gasteiger partial charge in [0.05, 0.1) is 0 Å². The van der Waals surface area contributed by atoms with Crippen LogP contribution in [0.3, 0.4) is 0 Å². The molecule has 0 aliphatic carbocycles. The molecule has 0 amide bonds. The van der Waals surface area contributed by atoms with E-state index in [0.29, 0.717) is 5.92 Å². The molecule has 1 N–H and O–H groups in total. The van der Waals surface area contributed by atoms with Crippen LogP contribution in [0.4, 0.5) is 0 Å². The van der Waals surface area contributed by atoms with Crippen LogP contribution in [-0.2, 0) is 0 Å². The number of hydrogen-bond donors (Lipinski definition) is 1. The van der Waals surface area contributed by atoms with Crippen LogP contribution in [0.5, 0.6) is 0 Å². The lowest BCUT2D eigenvalue weighted by atomic mass is 9.89. The zero-order valence-corrected chi connectivity index (χ0v) is 9.61. The van der Waals surface area contributed by atoms with Gasteiger partial charge < -0.3 is 10.2 Å². The fourth-order valence-electron chi connectivity index (χ4n) is 2.48. The molecule has 1 fully saturated rings. The summed E-state index contributed by atoms with van der Waals surface area (Å²) < 4.78 is 0. The summed E-state index contributed by atoms with van der Waals surface area (Å²) in [5.41, 5.74) is 1.48. The number of nitrogens with zero attached hydrogens (tertiary/aromatic N) is 1. The van der Waals surface area contributed by atoms with Gasteiger partial charge in [0.15, 0.2) is 0 Å². The Bertz CT molecular complexity index is 295. The first kappa shape index (κ1) is 10.7. The fourth-order valence-corrected chi connectivity index (χ4v) is 2.48. The molecule has 0 spiro atoms. The van der Waals surface area contributed by atoms with Gasteiger partial charge in [0.2, 0.25) is 0 Å². The van der Waals surface area contributed by atoms with Crippen LogP contribution < -0.4 is 5.32 Å². The molecule has 0 unspecified atom stereocenters. The van der Waals surface area contributed by atoms with Crippen molar-refractivity contribution >= 4 is 0 Å². The zero-order chi connectivity index (χ0) is 10.7. The van der Waals surface area contributed by atoms with E-state index in [1.54, 1.807) is 0 Å². The molecule has 1 aromatic rings. The molecule has 1 aliphatic rings. The third kappa shape index (κ3) is 2.58. The summed E-state index contributed by atoms with van der Waals surface area (Å²) in [5.74, 6) is 1.44. The molecule has 2 nitrogen and oxygen atoms in total. The molecular weight excluding hydrogens is 184 g/mol. The minimum atomic E-state index is 0.689. The molecule has 2 rings (SSSR count). The van der Waals surface area contributed by atoms with E-state index in [1.165, 1.54) is 12.1 Å². The summed E-state index contributed by atoms with van der Waals surface area (Å²) in [5, 5.41) is 3.50. The Morgan fingerprint density at radius 2 is 1.93 bits per heavy atom. The van der Waals surface area contributed by atoms with Crippen molar-refractivity contribution in [1.82, 2.24) is 10.2 Å². The molecule has 2 atom stereocenters. The zero-order valence-electron chi connectivity index (χ0n) is 9.61. The Morgan fingerprint density at radius 3 is 2.60 bits per heavy atom. The van der Waals surface area contributed by atoms with Crippen LogP contribution in [-0.4, -0.2) is 38.6 Å². The van der Waals surface area contributed by atoms with Crippen molar-refractivity contribution in [1.29, 1.82) is 0 Å². The van der Waals surface area contributed by atoms with Crippen LogP contribution in [0, 0.1) is 5.92 Å². The smallest absolute Gasteiger partial charge is 0.00239 e. The summed E-state index contributed by atoms with van der Waals surface area (Å²) in [6, 6.07) is 10.9. The number of hydrogen-bond acceptors (Lipinski definition) is 2. The molecule has 15 heavy (non-hydrogen) atoms. The van der Waals surface area contributed by atoms with Crippen LogP contribution in [0.1, 0.15) is 11.5 Å². The fraction of sp³-hybridized carbons (Fsp3) is 0.538. The van der Waals surface area contributed by atoms with Crippen molar-refractivity contribution in [3.63, 3.8) is 0 Å². The molecule has 1 aliphatic heterocycles. The first-order valence-corrected chi connectivity index (χ1v) is 5.68. The highest BCUT2D eigenvalue weighted by molar-refractivity contribution is 5.22. The summed E-state index contributed by atoms with van der Waals surface area (Å²) in [7, 11) is 4.31. The maximum absolute atomic E-state index is 3.50. The first-order valence-electron chi connectivity index (χ1n) is 5.68. The van der Waals surface area contributed by atoms with E-state index in [1.807, 2.05) is 0 Å². The molecule has 0 radical (unpaired) electrons. The molecule has 1 heterocycles. The molecule has 2 heteroatoms. The molecule has 1 saturated heterocycles. The average Bonchev–Trinajstić information content (AvgIpc) is 2.66. The van der Waals surface area contributed by atoms with Gasteiger partial charge in [0.25, 0.3) is 0 Å². The predicted molar refractivity (Wildman–Crippen MR) is 64.1 cm³/mol. The van der Waals surface area contributed by atoms with E-state index < -0.39 is 0 Å². The van der Waals surface area contributed by atoms with Crippen LogP contribution in [0.25, 0.3) is 0 Å². The van der Waals surface area contributed by atoms with E-state index in [9.17, 15) is 0 Å². The summed E-state index contributed by atoms with van der Waals surface area (Å²) in [6.45, 7) is 3.45. The molecule has 0 bridgehead atoms. The molecule has 82 valence electrons. The van der Waals surface area contributed by atoms with Gasteiger partial charge in [-0.3, -0.25) is 0 Å². The van der Waals surface area contributed by atoms with Crippen molar-refractivity contribution in [3.8, 4) is 0 Å². The summed E-state index contributed by atoms with van der Waals surface area (Å²) in [6.07, 6.45) is 0. The van der Waals surface area contributed by atoms with Crippen molar-refractivity contribution < 1.29 is 0 Å². The number of rotatable bonds is 3. The molecular formula is C13H20N2. The Hall–Kier alpha value is -0.860. The quantitative estimate of drug-likeness (QED) is 0.803. The predicted octanol–water partition coefficient (Wildman–Crippen LogP) is 1.55. The minimum Gasteiger partial charge on any atom is -0.316 e. The van der Waals surface area contributed by atoms with Crippen molar-refractivity contribution in [3.05, 3.63) is 35.9 Å². The number of benzene rings is 1. The van der Waals surface area contributed by atoms with Crippen LogP contribution in [0.2, 0.25) is 0 Å². The SMILES string of the molecule is CN(C)C[C@H]1CNC[C@H]1c1ccccc1. The van der Waals surface area contributed by atoms with E-state index in [4.69, 9.17) is 0 Å². The molecule has 0 saturated carbocycles. The van der Waals surface area contributed by atoms with Gasteiger partial charge in [0, 0.05) is 19.0 Å². The summed E-state index contributed by atoms with van der Waals surface area (Å²) in [4.78, 5) is 2.29. The van der Waals surface area contributed by atoms with Gasteiger partial charge in [0.1, 0.15) is 0 Å². The van der Waals surface area contributed by atoms with E-state index in [-0.39, 0.29) is 0 Å². The second kappa shape index (κ2) is 4.77. The lowest BCUT2D eigenvalue weighted by Gasteiger charge is -2.22. The molecule has 1 aromatic carbocycles. The lowest BCUT2D eigenvalue weighted by Crippen LogP contribution is -2.26. The van der Waals surface area contributed by atoms with Crippen molar-refractivity contribution in [2.45, 2.75) is 5.92 Å². The van der Waals surface area contributed by atoms with Gasteiger partial charge in [-0.25, -0.2) is 0 Å². The summed E-state index contributed by atoms with van der Waals surface area (Å²) >= 11 is 0. The minimum absolute atomic E-state index is 0.689. The van der Waals surface area contributed by atoms with E-state index in [2.05, 4.69) is 54.6 Å². The largest absolute Gasteiger partial charge is 0.316 e. The van der Waals surface area contributed by atoms with Crippen molar-refractivity contribution in [2.75, 3.05) is 33.7 Å². The monoisotopic (exact) mass is 204 g/mol. The normalized spacial score (nSPS) is 26.1. The number of nitrogens with one attached hydrogen (secondary N) is 1. The van der Waals surface area contributed by atoms with Gasteiger partial charge in [-0.15, -0.1) is 0 Å². The van der Waals surface area contributed by atoms with E-state index >= 15 is 0 Å². The van der Waals surface area contributed by atoms with E-state index in [0.717, 1.165) is 19.0 Å². The Labute approximate surface area is 92.3 Å². The first-order chi connectivity index (χ1) is 7.27. The maximum atomic E-state index is 3.50. The van der Waals surface area contributed by atoms with Gasteiger partial charge in [-0.05, 0) is 32.1 Å². The molecule has 0 aromatic heterocycles. The average molecular weight is 204 g/mol. The van der Waals surface area contributed by atoms with Crippen LogP contribution in [0.15, 0.2) is 30.3 Å². The Kier molecular flexibility index (Phi) is 3.39. The third-order valence-corrected chi connectivity index (χ3v) is 3.17. The second-order valence-corrected chi connectivity index (χ2v) is 4.70. The topological polar surface area (TPSA) is 15.3 Å². The highest BCUT2D eigenvalue weighted by Gasteiger charge is 2.28. The Morgan fingerprint density at radius 1 is 1.20 bits per heavy atom. The van der Waals surface area contributed by atoms with Gasteiger partial charge in [-0.1, -0.05) is 30.3 Å². The highest BCUT2D eigenvalue weighted by atomic mass is 15.1. The highest BCUT2D eigenvalue weighted by Crippen LogP contribution is 2.28. The maximum Gasteiger partial charge on any atom is 0.00239 e. The Balaban J connectivity index is 2.08. The second-order valence-electron chi connectivity index (χ2n) is 4.70. The third-order valence-electron chi connectivity index (χ3n) is 3.17.